The number of hydrogen-bond acceptors (Lipinski definition) is 4. The van der Waals surface area contributed by atoms with Gasteiger partial charge in [0.25, 0.3) is 5.56 Å². The summed E-state index contributed by atoms with van der Waals surface area (Å²) < 4.78 is 8.31. The Labute approximate surface area is 154 Å². The van der Waals surface area contributed by atoms with Gasteiger partial charge in [-0.05, 0) is 31.2 Å². The maximum atomic E-state index is 13.0. The quantitative estimate of drug-likeness (QED) is 0.605. The summed E-state index contributed by atoms with van der Waals surface area (Å²) >= 11 is 0. The molecule has 1 amide bonds. The van der Waals surface area contributed by atoms with Crippen molar-refractivity contribution in [3.63, 3.8) is 0 Å². The fourth-order valence-electron chi connectivity index (χ4n) is 3.14. The van der Waals surface area contributed by atoms with Gasteiger partial charge in [-0.15, -0.1) is 0 Å². The predicted molar refractivity (Wildman–Crippen MR) is 103 cm³/mol. The zero-order chi connectivity index (χ0) is 19.0. The topological polar surface area (TPSA) is 77.6 Å². The van der Waals surface area contributed by atoms with Gasteiger partial charge in [0.1, 0.15) is 17.9 Å². The highest BCUT2D eigenvalue weighted by molar-refractivity contribution is 5.91. The van der Waals surface area contributed by atoms with Crippen LogP contribution in [0.15, 0.2) is 59.4 Å². The van der Waals surface area contributed by atoms with Crippen LogP contribution in [0.1, 0.15) is 5.69 Å². The van der Waals surface area contributed by atoms with Crippen molar-refractivity contribution in [1.82, 2.24) is 14.2 Å². The van der Waals surface area contributed by atoms with Crippen LogP contribution in [-0.4, -0.2) is 27.2 Å². The standard InChI is InChI=1S/C20H18N4O3/c1-13-10-19-23(12-18(25)21-14-6-5-7-15(11-14)27-2)20(26)16-8-3-4-9-17(16)24(19)22-13/h3-11H,12H2,1-2H3,(H,21,25). The van der Waals surface area contributed by atoms with E-state index in [1.807, 2.05) is 19.1 Å². The molecule has 7 nitrogen and oxygen atoms in total. The highest BCUT2D eigenvalue weighted by atomic mass is 16.5. The Bertz CT molecular complexity index is 1220. The summed E-state index contributed by atoms with van der Waals surface area (Å²) in [6, 6.07) is 16.1. The van der Waals surface area contributed by atoms with Crippen LogP contribution in [0.25, 0.3) is 16.6 Å². The molecule has 7 heteroatoms. The number of carbonyl (C=O) groups is 1. The fraction of sp³-hybridized carbons (Fsp3) is 0.150. The molecule has 0 bridgehead atoms. The molecule has 0 saturated carbocycles. The SMILES string of the molecule is COc1cccc(NC(=O)Cn2c(=O)c3ccccc3n3nc(C)cc23)c1. The van der Waals surface area contributed by atoms with Crippen molar-refractivity contribution in [2.24, 2.45) is 0 Å². The first-order chi connectivity index (χ1) is 13.1. The maximum Gasteiger partial charge on any atom is 0.262 e. The minimum atomic E-state index is -0.304. The zero-order valence-electron chi connectivity index (χ0n) is 15.0. The fourth-order valence-corrected chi connectivity index (χ4v) is 3.14. The van der Waals surface area contributed by atoms with Crippen molar-refractivity contribution in [1.29, 1.82) is 0 Å². The monoisotopic (exact) mass is 362 g/mol. The molecule has 2 heterocycles. The van der Waals surface area contributed by atoms with Gasteiger partial charge in [0.15, 0.2) is 0 Å². The predicted octanol–water partition coefficient (Wildman–Crippen LogP) is 2.60. The molecule has 0 spiro atoms. The number of carbonyl (C=O) groups excluding carboxylic acids is 1. The van der Waals surface area contributed by atoms with Crippen LogP contribution in [-0.2, 0) is 11.3 Å². The number of hydrogen-bond donors (Lipinski definition) is 1. The third kappa shape index (κ3) is 3.03. The van der Waals surface area contributed by atoms with Gasteiger partial charge >= 0.3 is 0 Å². The number of nitrogens with one attached hydrogen (secondary N) is 1. The van der Waals surface area contributed by atoms with Crippen molar-refractivity contribution in [2.45, 2.75) is 13.5 Å². The van der Waals surface area contributed by atoms with Crippen LogP contribution in [0.5, 0.6) is 5.75 Å². The van der Waals surface area contributed by atoms with Crippen molar-refractivity contribution in [3.05, 3.63) is 70.6 Å². The van der Waals surface area contributed by atoms with Crippen LogP contribution in [0, 0.1) is 6.92 Å². The van der Waals surface area contributed by atoms with E-state index in [-0.39, 0.29) is 18.0 Å². The largest absolute Gasteiger partial charge is 0.497 e. The Morgan fingerprint density at radius 2 is 1.96 bits per heavy atom. The number of nitrogens with zero attached hydrogens (tertiary/aromatic N) is 3. The number of fused-ring (bicyclic) bond motifs is 3. The van der Waals surface area contributed by atoms with Gasteiger partial charge in [-0.25, -0.2) is 4.52 Å². The molecule has 1 N–H and O–H groups in total. The van der Waals surface area contributed by atoms with E-state index in [2.05, 4.69) is 10.4 Å². The van der Waals surface area contributed by atoms with E-state index < -0.39 is 0 Å². The molecule has 0 saturated heterocycles. The Kier molecular flexibility index (Phi) is 4.12. The average molecular weight is 362 g/mol. The van der Waals surface area contributed by atoms with Crippen LogP contribution < -0.4 is 15.6 Å². The second-order valence-electron chi connectivity index (χ2n) is 6.24. The molecule has 0 aliphatic carbocycles. The second-order valence-corrected chi connectivity index (χ2v) is 6.24. The van der Waals surface area contributed by atoms with E-state index in [1.165, 1.54) is 4.57 Å². The minimum absolute atomic E-state index is 0.116. The third-order valence-corrected chi connectivity index (χ3v) is 4.35. The number of para-hydroxylation sites is 1. The van der Waals surface area contributed by atoms with Gasteiger partial charge in [-0.3, -0.25) is 14.2 Å². The molecule has 2 aromatic heterocycles. The van der Waals surface area contributed by atoms with Crippen LogP contribution >= 0.6 is 0 Å². The number of amides is 1. The first-order valence-corrected chi connectivity index (χ1v) is 8.48. The first kappa shape index (κ1) is 16.8. The lowest BCUT2D eigenvalue weighted by molar-refractivity contribution is -0.116. The molecule has 0 aliphatic rings. The van der Waals surface area contributed by atoms with Crippen molar-refractivity contribution in [2.75, 3.05) is 12.4 Å². The van der Waals surface area contributed by atoms with Gasteiger partial charge in [-0.1, -0.05) is 18.2 Å². The van der Waals surface area contributed by atoms with Crippen molar-refractivity contribution in [3.8, 4) is 5.75 Å². The number of methoxy groups -OCH3 is 1. The van der Waals surface area contributed by atoms with Crippen LogP contribution in [0.3, 0.4) is 0 Å². The van der Waals surface area contributed by atoms with E-state index in [0.717, 1.165) is 11.2 Å². The molecule has 2 aromatic carbocycles. The lowest BCUT2D eigenvalue weighted by Gasteiger charge is -2.11. The van der Waals surface area contributed by atoms with Crippen molar-refractivity contribution >= 4 is 28.1 Å². The zero-order valence-corrected chi connectivity index (χ0v) is 15.0. The summed E-state index contributed by atoms with van der Waals surface area (Å²) in [7, 11) is 1.56. The van der Waals surface area contributed by atoms with E-state index in [9.17, 15) is 9.59 Å². The smallest absolute Gasteiger partial charge is 0.262 e. The minimum Gasteiger partial charge on any atom is -0.497 e. The van der Waals surface area contributed by atoms with Gasteiger partial charge in [0, 0.05) is 17.8 Å². The molecule has 27 heavy (non-hydrogen) atoms. The number of ether oxygens (including phenoxy) is 1. The van der Waals surface area contributed by atoms with Gasteiger partial charge in [0.05, 0.1) is 23.7 Å². The molecule has 0 unspecified atom stereocenters. The lowest BCUT2D eigenvalue weighted by atomic mass is 10.2. The molecule has 0 fully saturated rings. The number of aryl methyl sites for hydroxylation is 1. The molecular weight excluding hydrogens is 344 g/mol. The molecule has 4 rings (SSSR count). The Balaban J connectivity index is 1.75. The summed E-state index contributed by atoms with van der Waals surface area (Å²) in [4.78, 5) is 25.5. The summed E-state index contributed by atoms with van der Waals surface area (Å²) in [6.07, 6.45) is 0. The number of anilines is 1. The third-order valence-electron chi connectivity index (χ3n) is 4.35. The highest BCUT2D eigenvalue weighted by Crippen LogP contribution is 2.17. The van der Waals surface area contributed by atoms with E-state index in [4.69, 9.17) is 4.74 Å². The van der Waals surface area contributed by atoms with Crippen molar-refractivity contribution < 1.29 is 9.53 Å². The van der Waals surface area contributed by atoms with E-state index >= 15 is 0 Å². The van der Waals surface area contributed by atoms with Crippen LogP contribution in [0.2, 0.25) is 0 Å². The van der Waals surface area contributed by atoms with E-state index in [1.54, 1.807) is 54.1 Å². The summed E-state index contributed by atoms with van der Waals surface area (Å²) in [6.45, 7) is 1.74. The first-order valence-electron chi connectivity index (χ1n) is 8.48. The maximum absolute atomic E-state index is 13.0. The highest BCUT2D eigenvalue weighted by Gasteiger charge is 2.15. The molecule has 0 aliphatic heterocycles. The van der Waals surface area contributed by atoms with Gasteiger partial charge in [0.2, 0.25) is 5.91 Å². The molecule has 0 radical (unpaired) electrons. The Morgan fingerprint density at radius 3 is 2.78 bits per heavy atom. The number of rotatable bonds is 4. The van der Waals surface area contributed by atoms with Crippen LogP contribution in [0.4, 0.5) is 5.69 Å². The molecule has 4 aromatic rings. The summed E-state index contributed by atoms with van der Waals surface area (Å²) in [5.41, 5.74) is 2.45. The Hall–Kier alpha value is -3.61. The van der Waals surface area contributed by atoms with E-state index in [0.29, 0.717) is 22.5 Å². The van der Waals surface area contributed by atoms with Gasteiger partial charge < -0.3 is 10.1 Å². The Morgan fingerprint density at radius 1 is 1.15 bits per heavy atom. The number of aromatic nitrogens is 3. The molecule has 0 atom stereocenters. The number of benzene rings is 2. The molecule has 136 valence electrons. The second kappa shape index (κ2) is 6.60. The van der Waals surface area contributed by atoms with Gasteiger partial charge in [-0.2, -0.15) is 5.10 Å². The lowest BCUT2D eigenvalue weighted by Crippen LogP contribution is -2.29. The summed E-state index contributed by atoms with van der Waals surface area (Å²) in [5.74, 6) is 0.339. The normalized spacial score (nSPS) is 11.0. The summed E-state index contributed by atoms with van der Waals surface area (Å²) in [5, 5.41) is 7.79. The average Bonchev–Trinajstić information content (AvgIpc) is 3.07. The molecular formula is C20H18N4O3.